The van der Waals surface area contributed by atoms with E-state index in [2.05, 4.69) is 0 Å². The lowest BCUT2D eigenvalue weighted by Crippen LogP contribution is -1.99. The van der Waals surface area contributed by atoms with E-state index in [4.69, 9.17) is 10.5 Å². The minimum absolute atomic E-state index is 0.0231. The van der Waals surface area contributed by atoms with Gasteiger partial charge in [-0.3, -0.25) is 0 Å². The smallest absolute Gasteiger partial charge is 0.138 e. The van der Waals surface area contributed by atoms with Gasteiger partial charge in [-0.2, -0.15) is 31.6 Å². The molecule has 0 atom stereocenters. The van der Waals surface area contributed by atoms with E-state index in [0.717, 1.165) is 24.3 Å². The van der Waals surface area contributed by atoms with Crippen molar-refractivity contribution in [2.75, 3.05) is 0 Å². The van der Waals surface area contributed by atoms with Gasteiger partial charge in [0.2, 0.25) is 0 Å². The van der Waals surface area contributed by atoms with E-state index in [1.54, 1.807) is 12.1 Å². The average Bonchev–Trinajstić information content (AvgIpc) is 3.54. The van der Waals surface area contributed by atoms with Gasteiger partial charge in [0, 0.05) is 22.3 Å². The number of benzene rings is 4. The highest BCUT2D eigenvalue weighted by molar-refractivity contribution is 6.38. The third kappa shape index (κ3) is 4.12. The molecule has 0 fully saturated rings. The van der Waals surface area contributed by atoms with E-state index in [1.807, 2.05) is 24.3 Å². The van der Waals surface area contributed by atoms with Crippen LogP contribution in [0.3, 0.4) is 0 Å². The lowest BCUT2D eigenvalue weighted by atomic mass is 9.87. The highest BCUT2D eigenvalue weighted by atomic mass is 19.1. The Morgan fingerprint density at radius 2 is 0.761 bits per heavy atom. The standard InChI is InChI=1S/C36H10F4N6/c37-27-5-17(11-41)6-28(38)33(27)19-1-3-23-25(9-19)35-32(22(15-45)16-46)24-4-2-20(34-29(39)7-18(12-42)8-30(34)40)10-26(24)36(35)31(23)21(13-43)14-44/h1-10H. The maximum Gasteiger partial charge on any atom is 0.138 e. The molecule has 0 spiro atoms. The topological polar surface area (TPSA) is 143 Å². The van der Waals surface area contributed by atoms with Crippen LogP contribution in [0.15, 0.2) is 71.8 Å². The van der Waals surface area contributed by atoms with Crippen LogP contribution in [-0.2, 0) is 0 Å². The lowest BCUT2D eigenvalue weighted by molar-refractivity contribution is 0.588. The summed E-state index contributed by atoms with van der Waals surface area (Å²) < 4.78 is 60.4. The molecule has 0 unspecified atom stereocenters. The predicted molar refractivity (Wildman–Crippen MR) is 156 cm³/mol. The number of nitriles is 6. The highest BCUT2D eigenvalue weighted by Crippen LogP contribution is 2.60. The number of rotatable bonds is 2. The van der Waals surface area contributed by atoms with Crippen LogP contribution < -0.4 is 0 Å². The monoisotopic (exact) mass is 602 g/mol. The number of nitrogens with zero attached hydrogens (tertiary/aromatic N) is 6. The molecule has 212 valence electrons. The van der Waals surface area contributed by atoms with Crippen molar-refractivity contribution in [3.05, 3.63) is 128 Å². The van der Waals surface area contributed by atoms with Gasteiger partial charge in [0.25, 0.3) is 0 Å². The molecule has 2 aliphatic carbocycles. The molecule has 46 heavy (non-hydrogen) atoms. The molecule has 0 saturated heterocycles. The molecule has 0 saturated carbocycles. The van der Waals surface area contributed by atoms with Gasteiger partial charge in [0.05, 0.1) is 34.4 Å². The molecule has 10 heteroatoms. The summed E-state index contributed by atoms with van der Waals surface area (Å²) in [6.07, 6.45) is 0. The molecule has 4 aromatic rings. The molecule has 0 aliphatic heterocycles. The maximum absolute atomic E-state index is 15.1. The van der Waals surface area contributed by atoms with Crippen LogP contribution >= 0.6 is 0 Å². The summed E-state index contributed by atoms with van der Waals surface area (Å²) in [5.41, 5.74) is -0.458. The fraction of sp³-hybridized carbons (Fsp3) is 0. The van der Waals surface area contributed by atoms with Crippen LogP contribution in [0.1, 0.15) is 33.4 Å². The van der Waals surface area contributed by atoms with Crippen molar-refractivity contribution in [1.29, 1.82) is 31.6 Å². The van der Waals surface area contributed by atoms with Gasteiger partial charge < -0.3 is 0 Å². The minimum atomic E-state index is -1.02. The fourth-order valence-electron chi connectivity index (χ4n) is 5.93. The number of fused-ring (bicyclic) bond motifs is 4. The van der Waals surface area contributed by atoms with Crippen molar-refractivity contribution in [1.82, 2.24) is 0 Å². The van der Waals surface area contributed by atoms with Gasteiger partial charge in [-0.25, -0.2) is 17.6 Å². The zero-order chi connectivity index (χ0) is 32.9. The molecule has 0 bridgehead atoms. The van der Waals surface area contributed by atoms with Crippen LogP contribution in [-0.4, -0.2) is 0 Å². The van der Waals surface area contributed by atoms with E-state index in [9.17, 15) is 21.0 Å². The molecule has 0 N–H and O–H groups in total. The first kappa shape index (κ1) is 28.9. The molecule has 0 heterocycles. The number of allylic oxidation sites excluding steroid dienone is 6. The summed E-state index contributed by atoms with van der Waals surface area (Å²) in [7, 11) is 0. The third-order valence-electron chi connectivity index (χ3n) is 7.73. The second kappa shape index (κ2) is 10.8. The van der Waals surface area contributed by atoms with Gasteiger partial charge in [-0.1, -0.05) is 24.3 Å². The summed E-state index contributed by atoms with van der Waals surface area (Å²) in [4.78, 5) is 0. The van der Waals surface area contributed by atoms with Gasteiger partial charge in [-0.15, -0.1) is 0 Å². The van der Waals surface area contributed by atoms with E-state index < -0.39 is 34.4 Å². The van der Waals surface area contributed by atoms with Crippen LogP contribution in [0.25, 0.3) is 44.5 Å². The molecule has 0 amide bonds. The van der Waals surface area contributed by atoms with Crippen LogP contribution in [0.4, 0.5) is 17.6 Å². The molecule has 6 nitrogen and oxygen atoms in total. The fourth-order valence-corrected chi connectivity index (χ4v) is 5.93. The minimum Gasteiger partial charge on any atom is -0.206 e. The molecule has 4 aromatic carbocycles. The highest BCUT2D eigenvalue weighted by Gasteiger charge is 2.40. The molecule has 2 aliphatic rings. The lowest BCUT2D eigenvalue weighted by Gasteiger charge is -2.15. The Morgan fingerprint density at radius 3 is 1.04 bits per heavy atom. The Hall–Kier alpha value is -7.24. The number of hydrogen-bond acceptors (Lipinski definition) is 6. The van der Waals surface area contributed by atoms with Crippen molar-refractivity contribution >= 4 is 22.3 Å². The molecule has 6 rings (SSSR count). The zero-order valence-electron chi connectivity index (χ0n) is 23.0. The summed E-state index contributed by atoms with van der Waals surface area (Å²) in [5, 5.41) is 58.0. The van der Waals surface area contributed by atoms with E-state index in [-0.39, 0.29) is 77.9 Å². The Bertz CT molecular complexity index is 2230. The summed E-state index contributed by atoms with van der Waals surface area (Å²) in [5.74, 6) is -4.09. The summed E-state index contributed by atoms with van der Waals surface area (Å²) >= 11 is 0. The first-order valence-corrected chi connectivity index (χ1v) is 13.1. The second-order valence-electron chi connectivity index (χ2n) is 10.1. The van der Waals surface area contributed by atoms with Gasteiger partial charge in [0.15, 0.2) is 0 Å². The normalized spacial score (nSPS) is 12.0. The van der Waals surface area contributed by atoms with Crippen LogP contribution in [0.5, 0.6) is 0 Å². The van der Waals surface area contributed by atoms with Crippen molar-refractivity contribution in [3.63, 3.8) is 0 Å². The Balaban J connectivity index is 1.71. The largest absolute Gasteiger partial charge is 0.206 e. The number of halogens is 4. The van der Waals surface area contributed by atoms with E-state index >= 15 is 17.6 Å². The molecular weight excluding hydrogens is 592 g/mol. The maximum atomic E-state index is 15.1. The molecule has 0 aromatic heterocycles. The number of hydrogen-bond donors (Lipinski definition) is 0. The average molecular weight is 603 g/mol. The van der Waals surface area contributed by atoms with Gasteiger partial charge in [-0.05, 0) is 69.8 Å². The second-order valence-corrected chi connectivity index (χ2v) is 10.1. The van der Waals surface area contributed by atoms with Crippen molar-refractivity contribution in [2.24, 2.45) is 0 Å². The third-order valence-corrected chi connectivity index (χ3v) is 7.73. The van der Waals surface area contributed by atoms with Crippen molar-refractivity contribution in [3.8, 4) is 58.7 Å². The predicted octanol–water partition coefficient (Wildman–Crippen LogP) is 7.86. The van der Waals surface area contributed by atoms with Crippen LogP contribution in [0.2, 0.25) is 0 Å². The van der Waals surface area contributed by atoms with E-state index in [1.165, 1.54) is 36.4 Å². The van der Waals surface area contributed by atoms with Gasteiger partial charge >= 0.3 is 0 Å². The van der Waals surface area contributed by atoms with Crippen molar-refractivity contribution in [2.45, 2.75) is 0 Å². The summed E-state index contributed by atoms with van der Waals surface area (Å²) in [6.45, 7) is 0. The van der Waals surface area contributed by atoms with Gasteiger partial charge in [0.1, 0.15) is 58.7 Å². The zero-order valence-corrected chi connectivity index (χ0v) is 23.0. The Labute approximate surface area is 258 Å². The SMILES string of the molecule is N#CC(C#N)=C1C2=C(C(=C(C#N)C#N)c3ccc(-c4c(F)cc(C#N)cc4F)cc32)c2cc(-c3c(F)cc(C#N)cc3F)ccc21. The Morgan fingerprint density at radius 1 is 0.435 bits per heavy atom. The molecule has 0 radical (unpaired) electrons. The molecular formula is C36H10F4N6. The summed E-state index contributed by atoms with van der Waals surface area (Å²) in [6, 6.07) is 22.6. The quantitative estimate of drug-likeness (QED) is 0.169. The van der Waals surface area contributed by atoms with E-state index in [0.29, 0.717) is 0 Å². The van der Waals surface area contributed by atoms with Crippen LogP contribution in [0, 0.1) is 91.3 Å². The first-order valence-electron chi connectivity index (χ1n) is 13.1. The van der Waals surface area contributed by atoms with Crippen molar-refractivity contribution < 1.29 is 17.6 Å². The Kier molecular flexibility index (Phi) is 6.77. The first-order chi connectivity index (χ1) is 22.2.